The van der Waals surface area contributed by atoms with Gasteiger partial charge in [0.15, 0.2) is 5.82 Å². The van der Waals surface area contributed by atoms with Crippen LogP contribution in [0.5, 0.6) is 0 Å². The van der Waals surface area contributed by atoms with E-state index in [2.05, 4.69) is 20.0 Å². The summed E-state index contributed by atoms with van der Waals surface area (Å²) < 4.78 is 5.28. The fourth-order valence-corrected chi connectivity index (χ4v) is 2.99. The Hall–Kier alpha value is -1.33. The van der Waals surface area contributed by atoms with Gasteiger partial charge in [0.2, 0.25) is 5.89 Å². The monoisotopic (exact) mass is 312 g/mol. The van der Waals surface area contributed by atoms with Crippen molar-refractivity contribution in [2.24, 2.45) is 0 Å². The molecule has 1 atom stereocenters. The van der Waals surface area contributed by atoms with Crippen LogP contribution in [0.2, 0.25) is 10.0 Å². The highest BCUT2D eigenvalue weighted by Crippen LogP contribution is 2.32. The first-order chi connectivity index (χ1) is 9.63. The topological polar surface area (TPSA) is 55.1 Å². The van der Waals surface area contributed by atoms with Crippen LogP contribution in [0, 0.1) is 6.92 Å². The first-order valence-electron chi connectivity index (χ1n) is 6.49. The summed E-state index contributed by atoms with van der Waals surface area (Å²) in [5.41, 5.74) is 0. The minimum absolute atomic E-state index is 0.221. The Kier molecular flexibility index (Phi) is 3.81. The molecule has 7 heteroatoms. The van der Waals surface area contributed by atoms with Gasteiger partial charge in [-0.15, -0.1) is 0 Å². The summed E-state index contributed by atoms with van der Waals surface area (Å²) in [6.07, 6.45) is 3.68. The van der Waals surface area contributed by atoms with Gasteiger partial charge in [0, 0.05) is 19.3 Å². The lowest BCUT2D eigenvalue weighted by molar-refractivity contribution is 0.331. The van der Waals surface area contributed by atoms with Crippen LogP contribution < -0.4 is 4.90 Å². The molecule has 3 rings (SSSR count). The van der Waals surface area contributed by atoms with Crippen molar-refractivity contribution >= 4 is 29.0 Å². The molecule has 0 unspecified atom stereocenters. The van der Waals surface area contributed by atoms with Gasteiger partial charge in [-0.25, -0.2) is 4.98 Å². The van der Waals surface area contributed by atoms with Gasteiger partial charge in [0.05, 0.1) is 16.0 Å². The fourth-order valence-electron chi connectivity index (χ4n) is 2.49. The molecule has 1 aliphatic rings. The largest absolute Gasteiger partial charge is 0.355 e. The lowest BCUT2D eigenvalue weighted by Crippen LogP contribution is -2.35. The molecule has 0 spiro atoms. The van der Waals surface area contributed by atoms with Gasteiger partial charge in [0.25, 0.3) is 0 Å². The second-order valence-corrected chi connectivity index (χ2v) is 5.77. The molecule has 0 aromatic carbocycles. The van der Waals surface area contributed by atoms with Crippen LogP contribution in [-0.2, 0) is 0 Å². The number of anilines is 1. The van der Waals surface area contributed by atoms with Gasteiger partial charge in [-0.1, -0.05) is 28.4 Å². The maximum absolute atomic E-state index is 6.22. The van der Waals surface area contributed by atoms with E-state index in [0.717, 1.165) is 31.7 Å². The summed E-state index contributed by atoms with van der Waals surface area (Å²) in [4.78, 5) is 10.8. The third-order valence-corrected chi connectivity index (χ3v) is 3.89. The van der Waals surface area contributed by atoms with Crippen LogP contribution in [0.3, 0.4) is 0 Å². The highest BCUT2D eigenvalue weighted by Gasteiger charge is 2.27. The average molecular weight is 313 g/mol. The number of nitrogens with zero attached hydrogens (tertiary/aromatic N) is 4. The zero-order valence-electron chi connectivity index (χ0n) is 11.0. The van der Waals surface area contributed by atoms with E-state index in [1.165, 1.54) is 0 Å². The molecule has 1 fully saturated rings. The normalized spacial score (nSPS) is 19.4. The Bertz CT molecular complexity index is 616. The van der Waals surface area contributed by atoms with Crippen molar-refractivity contribution in [1.29, 1.82) is 0 Å². The molecule has 0 aliphatic carbocycles. The maximum atomic E-state index is 6.22. The molecular formula is C13H14Cl2N4O. The second-order valence-electron chi connectivity index (χ2n) is 4.92. The van der Waals surface area contributed by atoms with Gasteiger partial charge in [-0.3, -0.25) is 0 Å². The van der Waals surface area contributed by atoms with E-state index < -0.39 is 0 Å². The molecule has 5 nitrogen and oxygen atoms in total. The molecule has 0 bridgehead atoms. The number of aryl methyl sites for hydroxylation is 1. The zero-order chi connectivity index (χ0) is 14.1. The summed E-state index contributed by atoms with van der Waals surface area (Å²) in [6, 6.07) is 1.71. The molecule has 0 N–H and O–H groups in total. The predicted molar refractivity (Wildman–Crippen MR) is 77.5 cm³/mol. The molecule has 0 saturated carbocycles. The van der Waals surface area contributed by atoms with Gasteiger partial charge in [0.1, 0.15) is 5.82 Å². The van der Waals surface area contributed by atoms with Crippen molar-refractivity contribution in [1.82, 2.24) is 15.1 Å². The minimum Gasteiger partial charge on any atom is -0.355 e. The van der Waals surface area contributed by atoms with Gasteiger partial charge >= 0.3 is 0 Å². The van der Waals surface area contributed by atoms with E-state index in [1.807, 2.05) is 6.92 Å². The molecule has 3 heterocycles. The highest BCUT2D eigenvalue weighted by molar-refractivity contribution is 6.36. The van der Waals surface area contributed by atoms with Crippen molar-refractivity contribution in [2.75, 3.05) is 18.0 Å². The standard InChI is InChI=1S/C13H14Cl2N4O/c1-8-17-13(20-18-8)9-3-2-4-19(7-9)12-11(15)5-10(14)6-16-12/h5-6,9H,2-4,7H2,1H3/t9-/m0/s1. The first-order valence-corrected chi connectivity index (χ1v) is 7.25. The van der Waals surface area contributed by atoms with E-state index in [4.69, 9.17) is 27.7 Å². The van der Waals surface area contributed by atoms with Crippen molar-refractivity contribution in [3.05, 3.63) is 34.0 Å². The minimum atomic E-state index is 0.221. The third kappa shape index (κ3) is 2.74. The quantitative estimate of drug-likeness (QED) is 0.850. The highest BCUT2D eigenvalue weighted by atomic mass is 35.5. The Morgan fingerprint density at radius 2 is 2.25 bits per heavy atom. The molecule has 1 saturated heterocycles. The molecule has 20 heavy (non-hydrogen) atoms. The number of aromatic nitrogens is 3. The van der Waals surface area contributed by atoms with E-state index >= 15 is 0 Å². The molecule has 0 amide bonds. The summed E-state index contributed by atoms with van der Waals surface area (Å²) in [5.74, 6) is 2.34. The first kappa shape index (κ1) is 13.6. The molecule has 2 aromatic heterocycles. The van der Waals surface area contributed by atoms with Crippen molar-refractivity contribution in [3.8, 4) is 0 Å². The lowest BCUT2D eigenvalue weighted by Gasteiger charge is -2.32. The van der Waals surface area contributed by atoms with Crippen molar-refractivity contribution in [2.45, 2.75) is 25.7 Å². The van der Waals surface area contributed by atoms with Crippen LogP contribution in [0.4, 0.5) is 5.82 Å². The number of halogens is 2. The number of hydrogen-bond donors (Lipinski definition) is 0. The molecule has 106 valence electrons. The lowest BCUT2D eigenvalue weighted by atomic mass is 9.98. The third-order valence-electron chi connectivity index (χ3n) is 3.40. The Morgan fingerprint density at radius 1 is 1.40 bits per heavy atom. The SMILES string of the molecule is Cc1noc([C@H]2CCCN(c3ncc(Cl)cc3Cl)C2)n1. The summed E-state index contributed by atoms with van der Waals surface area (Å²) >= 11 is 12.1. The second kappa shape index (κ2) is 5.58. The predicted octanol–water partition coefficient (Wildman–Crippen LogP) is 3.46. The van der Waals surface area contributed by atoms with Crippen LogP contribution in [0.1, 0.15) is 30.5 Å². The Morgan fingerprint density at radius 3 is 2.95 bits per heavy atom. The van der Waals surface area contributed by atoms with Crippen molar-refractivity contribution < 1.29 is 4.52 Å². The van der Waals surface area contributed by atoms with Gasteiger partial charge in [-0.05, 0) is 25.8 Å². The Labute approximate surface area is 126 Å². The molecular weight excluding hydrogens is 299 g/mol. The molecule has 1 aliphatic heterocycles. The van der Waals surface area contributed by atoms with Gasteiger partial charge in [-0.2, -0.15) is 4.98 Å². The van der Waals surface area contributed by atoms with Crippen molar-refractivity contribution in [3.63, 3.8) is 0 Å². The summed E-state index contributed by atoms with van der Waals surface area (Å²) in [6.45, 7) is 3.51. The smallest absolute Gasteiger partial charge is 0.231 e. The van der Waals surface area contributed by atoms with E-state index in [-0.39, 0.29) is 5.92 Å². The van der Waals surface area contributed by atoms with Gasteiger partial charge < -0.3 is 9.42 Å². The number of pyridine rings is 1. The fraction of sp³-hybridized carbons (Fsp3) is 0.462. The summed E-state index contributed by atoms with van der Waals surface area (Å²) in [7, 11) is 0. The number of hydrogen-bond acceptors (Lipinski definition) is 5. The number of rotatable bonds is 2. The van der Waals surface area contributed by atoms with Crippen LogP contribution in [0.15, 0.2) is 16.8 Å². The van der Waals surface area contributed by atoms with E-state index in [1.54, 1.807) is 12.3 Å². The Balaban J connectivity index is 1.81. The maximum Gasteiger partial charge on any atom is 0.231 e. The van der Waals surface area contributed by atoms with Crippen LogP contribution in [-0.4, -0.2) is 28.2 Å². The van der Waals surface area contributed by atoms with E-state index in [9.17, 15) is 0 Å². The number of piperidine rings is 1. The summed E-state index contributed by atoms with van der Waals surface area (Å²) in [5, 5.41) is 4.97. The zero-order valence-corrected chi connectivity index (χ0v) is 12.5. The average Bonchev–Trinajstić information content (AvgIpc) is 2.86. The van der Waals surface area contributed by atoms with Crippen LogP contribution in [0.25, 0.3) is 0 Å². The van der Waals surface area contributed by atoms with E-state index in [0.29, 0.717) is 21.8 Å². The molecule has 0 radical (unpaired) electrons. The van der Waals surface area contributed by atoms with Crippen LogP contribution >= 0.6 is 23.2 Å². The molecule has 2 aromatic rings.